The van der Waals surface area contributed by atoms with Gasteiger partial charge in [-0.2, -0.15) is 0 Å². The van der Waals surface area contributed by atoms with E-state index < -0.39 is 0 Å². The molecule has 4 heteroatoms. The molecule has 0 bridgehead atoms. The highest BCUT2D eigenvalue weighted by atomic mass is 35.5. The summed E-state index contributed by atoms with van der Waals surface area (Å²) in [7, 11) is 1.59. The van der Waals surface area contributed by atoms with E-state index in [1.54, 1.807) is 7.11 Å². The Balaban J connectivity index is 3.46. The first-order valence-corrected chi connectivity index (χ1v) is 4.89. The van der Waals surface area contributed by atoms with Crippen LogP contribution in [0.1, 0.15) is 20.3 Å². The van der Waals surface area contributed by atoms with Gasteiger partial charge in [-0.25, -0.2) is 0 Å². The van der Waals surface area contributed by atoms with Crippen LogP contribution in [0.25, 0.3) is 0 Å². The van der Waals surface area contributed by atoms with Gasteiger partial charge in [0.15, 0.2) is 0 Å². The fourth-order valence-electron chi connectivity index (χ4n) is 0.907. The number of methoxy groups -OCH3 is 1. The number of hydrogen-bond donors (Lipinski definition) is 1. The van der Waals surface area contributed by atoms with Crippen LogP contribution in [0.4, 0.5) is 0 Å². The molecule has 78 valence electrons. The van der Waals surface area contributed by atoms with Crippen molar-refractivity contribution < 1.29 is 9.53 Å². The first-order chi connectivity index (χ1) is 6.06. The van der Waals surface area contributed by atoms with Gasteiger partial charge in [0.25, 0.3) is 0 Å². The van der Waals surface area contributed by atoms with Crippen LogP contribution in [0.5, 0.6) is 0 Å². The van der Waals surface area contributed by atoms with Gasteiger partial charge in [0.05, 0.1) is 12.0 Å². The third-order valence-electron chi connectivity index (χ3n) is 1.46. The predicted octanol–water partition coefficient (Wildman–Crippen LogP) is 1.40. The van der Waals surface area contributed by atoms with Crippen molar-refractivity contribution >= 4 is 17.5 Å². The number of carbonyl (C=O) groups is 1. The van der Waals surface area contributed by atoms with Crippen molar-refractivity contribution in [1.82, 2.24) is 5.32 Å². The molecule has 0 radical (unpaired) electrons. The SMILES string of the molecule is COCC(Cl)CNC(=O)CC(C)C. The third kappa shape index (κ3) is 8.06. The van der Waals surface area contributed by atoms with Crippen molar-refractivity contribution in [2.24, 2.45) is 5.92 Å². The summed E-state index contributed by atoms with van der Waals surface area (Å²) in [5.74, 6) is 0.438. The third-order valence-corrected chi connectivity index (χ3v) is 1.74. The second kappa shape index (κ2) is 7.15. The normalized spacial score (nSPS) is 13.0. The van der Waals surface area contributed by atoms with E-state index in [-0.39, 0.29) is 11.3 Å². The van der Waals surface area contributed by atoms with E-state index >= 15 is 0 Å². The van der Waals surface area contributed by atoms with Gasteiger partial charge < -0.3 is 10.1 Å². The van der Waals surface area contributed by atoms with Crippen molar-refractivity contribution in [2.75, 3.05) is 20.3 Å². The molecule has 1 atom stereocenters. The standard InChI is InChI=1S/C9H18ClNO2/c1-7(2)4-9(12)11-5-8(10)6-13-3/h7-8H,4-6H2,1-3H3,(H,11,12). The summed E-state index contributed by atoms with van der Waals surface area (Å²) in [5, 5.41) is 2.61. The number of carbonyl (C=O) groups excluding carboxylic acids is 1. The average molecular weight is 208 g/mol. The fourth-order valence-corrected chi connectivity index (χ4v) is 1.11. The lowest BCUT2D eigenvalue weighted by atomic mass is 10.1. The quantitative estimate of drug-likeness (QED) is 0.669. The molecule has 13 heavy (non-hydrogen) atoms. The van der Waals surface area contributed by atoms with E-state index in [9.17, 15) is 4.79 Å². The minimum Gasteiger partial charge on any atom is -0.383 e. The monoisotopic (exact) mass is 207 g/mol. The van der Waals surface area contributed by atoms with Gasteiger partial charge in [0.1, 0.15) is 0 Å². The van der Waals surface area contributed by atoms with Crippen LogP contribution in [-0.4, -0.2) is 31.5 Å². The Labute approximate surface area is 84.8 Å². The van der Waals surface area contributed by atoms with Crippen LogP contribution in [0.3, 0.4) is 0 Å². The Bertz CT molecular complexity index is 151. The lowest BCUT2D eigenvalue weighted by molar-refractivity contribution is -0.121. The van der Waals surface area contributed by atoms with E-state index in [4.69, 9.17) is 16.3 Å². The van der Waals surface area contributed by atoms with Crippen LogP contribution < -0.4 is 5.32 Å². The maximum absolute atomic E-state index is 11.2. The summed E-state index contributed by atoms with van der Waals surface area (Å²) in [6.07, 6.45) is 0.552. The van der Waals surface area contributed by atoms with Crippen LogP contribution in [0.2, 0.25) is 0 Å². The molecular weight excluding hydrogens is 190 g/mol. The van der Waals surface area contributed by atoms with Crippen LogP contribution >= 0.6 is 11.6 Å². The van der Waals surface area contributed by atoms with Gasteiger partial charge in [-0.3, -0.25) is 4.79 Å². The van der Waals surface area contributed by atoms with Gasteiger partial charge in [0, 0.05) is 20.1 Å². The molecule has 0 aromatic carbocycles. The molecule has 0 aliphatic carbocycles. The van der Waals surface area contributed by atoms with E-state index in [2.05, 4.69) is 5.32 Å². The molecule has 0 aromatic heterocycles. The van der Waals surface area contributed by atoms with Crippen molar-refractivity contribution in [2.45, 2.75) is 25.6 Å². The van der Waals surface area contributed by atoms with E-state index in [0.29, 0.717) is 25.5 Å². The van der Waals surface area contributed by atoms with Gasteiger partial charge in [-0.05, 0) is 5.92 Å². The van der Waals surface area contributed by atoms with Gasteiger partial charge >= 0.3 is 0 Å². The number of hydrogen-bond acceptors (Lipinski definition) is 2. The number of amides is 1. The maximum Gasteiger partial charge on any atom is 0.220 e. The first kappa shape index (κ1) is 12.7. The number of alkyl halides is 1. The van der Waals surface area contributed by atoms with Crippen LogP contribution in [0.15, 0.2) is 0 Å². The van der Waals surface area contributed by atoms with Crippen LogP contribution in [-0.2, 0) is 9.53 Å². The zero-order chi connectivity index (χ0) is 10.3. The minimum atomic E-state index is -0.138. The molecule has 0 heterocycles. The summed E-state index contributed by atoms with van der Waals surface area (Å²) >= 11 is 5.82. The van der Waals surface area contributed by atoms with Crippen molar-refractivity contribution in [1.29, 1.82) is 0 Å². The van der Waals surface area contributed by atoms with E-state index in [1.165, 1.54) is 0 Å². The lowest BCUT2D eigenvalue weighted by Gasteiger charge is -2.10. The fraction of sp³-hybridized carbons (Fsp3) is 0.889. The Hall–Kier alpha value is -0.280. The summed E-state index contributed by atoms with van der Waals surface area (Å²) in [5.41, 5.74) is 0. The molecule has 0 rings (SSSR count). The Kier molecular flexibility index (Phi) is 7.00. The Morgan fingerprint density at radius 2 is 2.15 bits per heavy atom. The Morgan fingerprint density at radius 1 is 1.54 bits per heavy atom. The Morgan fingerprint density at radius 3 is 2.62 bits per heavy atom. The summed E-state index contributed by atoms with van der Waals surface area (Å²) < 4.78 is 4.83. The molecule has 0 aliphatic heterocycles. The molecule has 3 nitrogen and oxygen atoms in total. The largest absolute Gasteiger partial charge is 0.383 e. The van der Waals surface area contributed by atoms with Gasteiger partial charge in [0.2, 0.25) is 5.91 Å². The van der Waals surface area contributed by atoms with Crippen LogP contribution in [0, 0.1) is 5.92 Å². The van der Waals surface area contributed by atoms with Crippen molar-refractivity contribution in [3.8, 4) is 0 Å². The predicted molar refractivity (Wildman–Crippen MR) is 54.0 cm³/mol. The zero-order valence-electron chi connectivity index (χ0n) is 8.47. The molecule has 0 aromatic rings. The highest BCUT2D eigenvalue weighted by molar-refractivity contribution is 6.21. The topological polar surface area (TPSA) is 38.3 Å². The van der Waals surface area contributed by atoms with Crippen molar-refractivity contribution in [3.63, 3.8) is 0 Å². The molecule has 0 fully saturated rings. The van der Waals surface area contributed by atoms with Crippen molar-refractivity contribution in [3.05, 3.63) is 0 Å². The number of ether oxygens (including phenoxy) is 1. The highest BCUT2D eigenvalue weighted by Gasteiger charge is 2.07. The summed E-state index contributed by atoms with van der Waals surface area (Å²) in [4.78, 5) is 11.2. The molecule has 0 aliphatic rings. The van der Waals surface area contributed by atoms with E-state index in [1.807, 2.05) is 13.8 Å². The maximum atomic E-state index is 11.2. The second-order valence-corrected chi connectivity index (χ2v) is 4.07. The average Bonchev–Trinajstić information content (AvgIpc) is 2.00. The summed E-state index contributed by atoms with van der Waals surface area (Å²) in [6.45, 7) is 4.95. The van der Waals surface area contributed by atoms with Gasteiger partial charge in [-0.15, -0.1) is 11.6 Å². The minimum absolute atomic E-state index is 0.0525. The molecule has 1 unspecified atom stereocenters. The molecule has 0 spiro atoms. The molecule has 1 amide bonds. The molecular formula is C9H18ClNO2. The number of rotatable bonds is 6. The zero-order valence-corrected chi connectivity index (χ0v) is 9.23. The first-order valence-electron chi connectivity index (χ1n) is 4.46. The summed E-state index contributed by atoms with van der Waals surface area (Å²) in [6, 6.07) is 0. The smallest absolute Gasteiger partial charge is 0.220 e. The number of nitrogens with one attached hydrogen (secondary N) is 1. The molecule has 1 N–H and O–H groups in total. The molecule has 0 saturated heterocycles. The highest BCUT2D eigenvalue weighted by Crippen LogP contribution is 1.99. The second-order valence-electron chi connectivity index (χ2n) is 3.45. The lowest BCUT2D eigenvalue weighted by Crippen LogP contribution is -2.32. The van der Waals surface area contributed by atoms with E-state index in [0.717, 1.165) is 0 Å². The molecule has 0 saturated carbocycles. The van der Waals surface area contributed by atoms with Gasteiger partial charge in [-0.1, -0.05) is 13.8 Å². The number of halogens is 1.